The predicted molar refractivity (Wildman–Crippen MR) is 72.7 cm³/mol. The van der Waals surface area contributed by atoms with Crippen LogP contribution in [0.3, 0.4) is 0 Å². The van der Waals surface area contributed by atoms with Crippen molar-refractivity contribution in [1.29, 1.82) is 0 Å². The highest BCUT2D eigenvalue weighted by Crippen LogP contribution is 2.32. The molecule has 1 aromatic rings. The van der Waals surface area contributed by atoms with Crippen LogP contribution < -0.4 is 0 Å². The molecule has 0 aliphatic rings. The van der Waals surface area contributed by atoms with E-state index in [-0.39, 0.29) is 23.1 Å². The molecule has 0 radical (unpaired) electrons. The molecule has 1 nitrogen and oxygen atoms in total. The number of hydrogen-bond donors (Lipinski definition) is 0. The molecule has 0 aromatic heterocycles. The lowest BCUT2D eigenvalue weighted by molar-refractivity contribution is -0.137. The molecular weight excluding hydrogens is 344 g/mol. The molecular formula is C13H13BrClF3O. The highest BCUT2D eigenvalue weighted by Gasteiger charge is 2.31. The smallest absolute Gasteiger partial charge is 0.298 e. The van der Waals surface area contributed by atoms with Crippen molar-refractivity contribution >= 4 is 33.3 Å². The van der Waals surface area contributed by atoms with Gasteiger partial charge >= 0.3 is 6.18 Å². The first kappa shape index (κ1) is 16.5. The topological polar surface area (TPSA) is 17.1 Å². The number of halogens is 5. The van der Waals surface area contributed by atoms with Crippen molar-refractivity contribution < 1.29 is 18.0 Å². The third-order valence-corrected chi connectivity index (χ3v) is 3.78. The number of carbonyl (C=O) groups excluding carboxylic acids is 1. The van der Waals surface area contributed by atoms with E-state index in [1.807, 2.05) is 0 Å². The van der Waals surface area contributed by atoms with E-state index in [4.69, 9.17) is 11.6 Å². The molecule has 0 N–H and O–H groups in total. The van der Waals surface area contributed by atoms with Crippen LogP contribution in [0.4, 0.5) is 13.2 Å². The van der Waals surface area contributed by atoms with Crippen LogP contribution in [0.25, 0.3) is 0 Å². The molecule has 0 saturated carbocycles. The molecule has 106 valence electrons. The highest BCUT2D eigenvalue weighted by atomic mass is 79.9. The number of benzene rings is 1. The van der Waals surface area contributed by atoms with Gasteiger partial charge in [-0.1, -0.05) is 47.4 Å². The van der Waals surface area contributed by atoms with Gasteiger partial charge in [0.15, 0.2) is 0 Å². The standard InChI is InChI=1S/C13H13BrClF3O/c1-7(2)12(19)10(14)5-8-3-4-9(6-11(8)15)13(16,17)18/h3-4,6-7,10H,5H2,1-2H3. The molecule has 0 fully saturated rings. The second-order valence-corrected chi connectivity index (χ2v) is 6.05. The first-order valence-corrected chi connectivity index (χ1v) is 6.95. The number of ketones is 1. The summed E-state index contributed by atoms with van der Waals surface area (Å²) >= 11 is 9.07. The number of rotatable bonds is 4. The van der Waals surface area contributed by atoms with E-state index in [2.05, 4.69) is 15.9 Å². The van der Waals surface area contributed by atoms with Crippen LogP contribution in [-0.2, 0) is 17.4 Å². The summed E-state index contributed by atoms with van der Waals surface area (Å²) < 4.78 is 37.4. The number of alkyl halides is 4. The molecule has 0 amide bonds. The van der Waals surface area contributed by atoms with E-state index in [1.54, 1.807) is 13.8 Å². The molecule has 0 saturated heterocycles. The van der Waals surface area contributed by atoms with Gasteiger partial charge in [0, 0.05) is 10.9 Å². The summed E-state index contributed by atoms with van der Waals surface area (Å²) in [5.74, 6) is -0.145. The maximum atomic E-state index is 12.5. The lowest BCUT2D eigenvalue weighted by Gasteiger charge is -2.14. The minimum absolute atomic E-state index is 0.00374. The van der Waals surface area contributed by atoms with Gasteiger partial charge in [0.2, 0.25) is 0 Å². The predicted octanol–water partition coefficient (Wildman–Crippen LogP) is 4.89. The fourth-order valence-corrected chi connectivity index (χ4v) is 2.68. The van der Waals surface area contributed by atoms with Crippen molar-refractivity contribution in [3.63, 3.8) is 0 Å². The molecule has 1 atom stereocenters. The Hall–Kier alpha value is -0.550. The van der Waals surface area contributed by atoms with Crippen molar-refractivity contribution in [3.8, 4) is 0 Å². The van der Waals surface area contributed by atoms with Crippen LogP contribution in [-0.4, -0.2) is 10.6 Å². The third-order valence-electron chi connectivity index (χ3n) is 2.66. The zero-order valence-corrected chi connectivity index (χ0v) is 12.7. The number of Topliss-reactive ketones (excluding diaryl/α,β-unsaturated/α-hetero) is 1. The first-order valence-electron chi connectivity index (χ1n) is 5.66. The van der Waals surface area contributed by atoms with Gasteiger partial charge in [-0.05, 0) is 24.1 Å². The largest absolute Gasteiger partial charge is 0.416 e. The van der Waals surface area contributed by atoms with E-state index in [1.165, 1.54) is 6.07 Å². The maximum Gasteiger partial charge on any atom is 0.416 e. The van der Waals surface area contributed by atoms with Crippen molar-refractivity contribution in [1.82, 2.24) is 0 Å². The van der Waals surface area contributed by atoms with Crippen LogP contribution in [0.1, 0.15) is 25.0 Å². The number of carbonyl (C=O) groups is 1. The van der Waals surface area contributed by atoms with Crippen LogP contribution in [0, 0.1) is 5.92 Å². The molecule has 1 rings (SSSR count). The van der Waals surface area contributed by atoms with Gasteiger partial charge in [0.05, 0.1) is 10.4 Å². The summed E-state index contributed by atoms with van der Waals surface area (Å²) in [4.78, 5) is 11.3. The van der Waals surface area contributed by atoms with Gasteiger partial charge in [0.1, 0.15) is 5.78 Å². The van der Waals surface area contributed by atoms with Gasteiger partial charge in [-0.25, -0.2) is 0 Å². The Bertz CT molecular complexity index is 471. The van der Waals surface area contributed by atoms with Gasteiger partial charge < -0.3 is 0 Å². The maximum absolute atomic E-state index is 12.5. The van der Waals surface area contributed by atoms with Crippen molar-refractivity contribution in [3.05, 3.63) is 34.3 Å². The lowest BCUT2D eigenvalue weighted by Crippen LogP contribution is -2.22. The lowest BCUT2D eigenvalue weighted by atomic mass is 10.00. The van der Waals surface area contributed by atoms with Gasteiger partial charge in [-0.15, -0.1) is 0 Å². The summed E-state index contributed by atoms with van der Waals surface area (Å²) in [6.45, 7) is 3.54. The Labute approximate surface area is 123 Å². The van der Waals surface area contributed by atoms with Gasteiger partial charge in [0.25, 0.3) is 0 Å². The highest BCUT2D eigenvalue weighted by molar-refractivity contribution is 9.10. The second kappa shape index (κ2) is 6.27. The Kier molecular flexibility index (Phi) is 5.44. The summed E-state index contributed by atoms with van der Waals surface area (Å²) in [7, 11) is 0. The van der Waals surface area contributed by atoms with Crippen LogP contribution in [0.15, 0.2) is 18.2 Å². The average molecular weight is 358 g/mol. The fraction of sp³-hybridized carbons (Fsp3) is 0.462. The van der Waals surface area contributed by atoms with E-state index in [0.717, 1.165) is 12.1 Å². The van der Waals surface area contributed by atoms with Crippen molar-refractivity contribution in [2.45, 2.75) is 31.3 Å². The number of hydrogen-bond acceptors (Lipinski definition) is 1. The molecule has 1 aromatic carbocycles. The Morgan fingerprint density at radius 2 is 1.95 bits per heavy atom. The molecule has 0 aliphatic carbocycles. The third kappa shape index (κ3) is 4.49. The molecule has 0 aliphatic heterocycles. The monoisotopic (exact) mass is 356 g/mol. The molecule has 0 bridgehead atoms. The SMILES string of the molecule is CC(C)C(=O)C(Br)Cc1ccc(C(F)(F)F)cc1Cl. The van der Waals surface area contributed by atoms with E-state index in [9.17, 15) is 18.0 Å². The summed E-state index contributed by atoms with van der Waals surface area (Å²) in [6, 6.07) is 3.17. The first-order chi connectivity index (χ1) is 8.62. The van der Waals surface area contributed by atoms with Crippen LogP contribution >= 0.6 is 27.5 Å². The molecule has 19 heavy (non-hydrogen) atoms. The summed E-state index contributed by atoms with van der Waals surface area (Å²) in [5, 5.41) is 0.0239. The minimum Gasteiger partial charge on any atom is -0.298 e. The van der Waals surface area contributed by atoms with E-state index in [0.29, 0.717) is 5.56 Å². The van der Waals surface area contributed by atoms with Crippen molar-refractivity contribution in [2.75, 3.05) is 0 Å². The quantitative estimate of drug-likeness (QED) is 0.701. The normalized spacial score (nSPS) is 13.7. The Balaban J connectivity index is 2.90. The van der Waals surface area contributed by atoms with Crippen molar-refractivity contribution in [2.24, 2.45) is 5.92 Å². The van der Waals surface area contributed by atoms with E-state index < -0.39 is 16.6 Å². The minimum atomic E-state index is -4.41. The fourth-order valence-electron chi connectivity index (χ4n) is 1.54. The van der Waals surface area contributed by atoms with Crippen LogP contribution in [0.2, 0.25) is 5.02 Å². The molecule has 0 heterocycles. The second-order valence-electron chi connectivity index (χ2n) is 4.53. The molecule has 6 heteroatoms. The summed E-state index contributed by atoms with van der Waals surface area (Å²) in [5.41, 5.74) is -0.270. The van der Waals surface area contributed by atoms with E-state index >= 15 is 0 Å². The van der Waals surface area contributed by atoms with Gasteiger partial charge in [-0.3, -0.25) is 4.79 Å². The van der Waals surface area contributed by atoms with Crippen LogP contribution in [0.5, 0.6) is 0 Å². The molecule has 0 spiro atoms. The van der Waals surface area contributed by atoms with Gasteiger partial charge in [-0.2, -0.15) is 13.2 Å². The Morgan fingerprint density at radius 1 is 1.37 bits per heavy atom. The summed E-state index contributed by atoms with van der Waals surface area (Å²) in [6.07, 6.45) is -4.14. The Morgan fingerprint density at radius 3 is 2.37 bits per heavy atom. The molecule has 1 unspecified atom stereocenters. The average Bonchev–Trinajstić information content (AvgIpc) is 2.29. The zero-order chi connectivity index (χ0) is 14.8. The zero-order valence-electron chi connectivity index (χ0n) is 10.4.